The molecule has 1 N–H and O–H groups in total. The summed E-state index contributed by atoms with van der Waals surface area (Å²) < 4.78 is 7.79. The van der Waals surface area contributed by atoms with E-state index in [-0.39, 0.29) is 0 Å². The van der Waals surface area contributed by atoms with Crippen LogP contribution in [-0.2, 0) is 13.6 Å². The third-order valence-electron chi connectivity index (χ3n) is 4.99. The van der Waals surface area contributed by atoms with Crippen molar-refractivity contribution in [3.8, 4) is 28.1 Å². The van der Waals surface area contributed by atoms with Gasteiger partial charge in [0.05, 0.1) is 18.5 Å². The topological polar surface area (TPSA) is 39.1 Å². The number of nitrogens with zero attached hydrogens (tertiary/aromatic N) is 2. The van der Waals surface area contributed by atoms with Crippen LogP contribution in [0.4, 0.5) is 5.95 Å². The predicted molar refractivity (Wildman–Crippen MR) is 119 cm³/mol. The molecular formula is C25H25N3O. The van der Waals surface area contributed by atoms with E-state index in [0.29, 0.717) is 13.2 Å². The fourth-order valence-corrected chi connectivity index (χ4v) is 3.43. The number of ether oxygens (including phenoxy) is 1. The van der Waals surface area contributed by atoms with E-state index in [9.17, 15) is 0 Å². The van der Waals surface area contributed by atoms with Gasteiger partial charge in [-0.25, -0.2) is 4.98 Å². The van der Waals surface area contributed by atoms with Gasteiger partial charge in [-0.15, -0.1) is 0 Å². The van der Waals surface area contributed by atoms with Crippen molar-refractivity contribution in [1.29, 1.82) is 0 Å². The molecule has 4 aromatic rings. The highest BCUT2D eigenvalue weighted by Crippen LogP contribution is 2.26. The van der Waals surface area contributed by atoms with Gasteiger partial charge < -0.3 is 14.6 Å². The molecule has 0 radical (unpaired) electrons. The smallest absolute Gasteiger partial charge is 0.203 e. The first kappa shape index (κ1) is 18.8. The molecule has 0 aliphatic rings. The second-order valence-corrected chi connectivity index (χ2v) is 6.86. The van der Waals surface area contributed by atoms with Crippen molar-refractivity contribution in [1.82, 2.24) is 9.55 Å². The Morgan fingerprint density at radius 1 is 0.828 bits per heavy atom. The van der Waals surface area contributed by atoms with Crippen LogP contribution in [0.25, 0.3) is 22.4 Å². The average molecular weight is 383 g/mol. The van der Waals surface area contributed by atoms with Gasteiger partial charge in [-0.1, -0.05) is 72.8 Å². The number of hydrogen-bond acceptors (Lipinski definition) is 3. The molecule has 4 nitrogen and oxygen atoms in total. The van der Waals surface area contributed by atoms with Gasteiger partial charge in [0.2, 0.25) is 5.95 Å². The maximum atomic E-state index is 5.71. The fourth-order valence-electron chi connectivity index (χ4n) is 3.43. The van der Waals surface area contributed by atoms with Crippen LogP contribution in [0, 0.1) is 0 Å². The molecule has 1 aromatic heterocycles. The first-order chi connectivity index (χ1) is 14.3. The minimum atomic E-state index is 0.655. The number of aromatic nitrogens is 2. The summed E-state index contributed by atoms with van der Waals surface area (Å²) in [6, 6.07) is 27.1. The molecule has 0 saturated carbocycles. The molecule has 0 atom stereocenters. The minimum absolute atomic E-state index is 0.655. The molecule has 29 heavy (non-hydrogen) atoms. The fraction of sp³-hybridized carbons (Fsp3) is 0.160. The van der Waals surface area contributed by atoms with Crippen LogP contribution in [-0.4, -0.2) is 16.2 Å². The number of benzene rings is 3. The molecule has 0 spiro atoms. The first-order valence-corrected chi connectivity index (χ1v) is 9.88. The summed E-state index contributed by atoms with van der Waals surface area (Å²) in [4.78, 5) is 4.57. The first-order valence-electron chi connectivity index (χ1n) is 9.88. The number of rotatable bonds is 7. The Morgan fingerprint density at radius 3 is 2.24 bits per heavy atom. The Hall–Kier alpha value is -3.53. The van der Waals surface area contributed by atoms with Gasteiger partial charge in [0, 0.05) is 19.2 Å². The van der Waals surface area contributed by atoms with E-state index in [1.54, 1.807) is 0 Å². The van der Waals surface area contributed by atoms with E-state index in [1.165, 1.54) is 11.1 Å². The second kappa shape index (κ2) is 8.65. The van der Waals surface area contributed by atoms with Gasteiger partial charge in [-0.2, -0.15) is 0 Å². The van der Waals surface area contributed by atoms with Crippen molar-refractivity contribution in [2.24, 2.45) is 7.05 Å². The highest BCUT2D eigenvalue weighted by Gasteiger charge is 2.10. The molecule has 0 amide bonds. The van der Waals surface area contributed by atoms with Gasteiger partial charge in [-0.05, 0) is 29.7 Å². The van der Waals surface area contributed by atoms with Crippen LogP contribution in [0.1, 0.15) is 12.5 Å². The number of anilines is 1. The molecule has 1 heterocycles. The molecule has 0 bridgehead atoms. The summed E-state index contributed by atoms with van der Waals surface area (Å²) >= 11 is 0. The minimum Gasteiger partial charge on any atom is -0.494 e. The van der Waals surface area contributed by atoms with Crippen LogP contribution < -0.4 is 10.1 Å². The van der Waals surface area contributed by atoms with Crippen molar-refractivity contribution in [3.63, 3.8) is 0 Å². The van der Waals surface area contributed by atoms with Gasteiger partial charge in [0.25, 0.3) is 0 Å². The quantitative estimate of drug-likeness (QED) is 0.441. The largest absolute Gasteiger partial charge is 0.494 e. The average Bonchev–Trinajstić information content (AvgIpc) is 3.14. The van der Waals surface area contributed by atoms with Crippen LogP contribution in [0.5, 0.6) is 5.75 Å². The molecule has 0 fully saturated rings. The molecule has 4 rings (SSSR count). The Morgan fingerprint density at radius 2 is 1.48 bits per heavy atom. The summed E-state index contributed by atoms with van der Waals surface area (Å²) in [7, 11) is 2.03. The maximum absolute atomic E-state index is 5.71. The van der Waals surface area contributed by atoms with Crippen molar-refractivity contribution in [2.45, 2.75) is 13.5 Å². The van der Waals surface area contributed by atoms with Crippen molar-refractivity contribution in [2.75, 3.05) is 11.9 Å². The number of imidazole rings is 1. The third-order valence-corrected chi connectivity index (χ3v) is 4.99. The highest BCUT2D eigenvalue weighted by atomic mass is 16.5. The zero-order valence-electron chi connectivity index (χ0n) is 16.8. The zero-order chi connectivity index (χ0) is 20.1. The SMILES string of the molecule is CCOc1ccccc1CNc1ncc(-c2ccc(-c3ccccc3)cc2)n1C. The summed E-state index contributed by atoms with van der Waals surface area (Å²) in [6.07, 6.45) is 1.91. The maximum Gasteiger partial charge on any atom is 0.203 e. The molecular weight excluding hydrogens is 358 g/mol. The van der Waals surface area contributed by atoms with E-state index >= 15 is 0 Å². The molecule has 0 saturated heterocycles. The molecule has 0 unspecified atom stereocenters. The number of para-hydroxylation sites is 1. The molecule has 0 aliphatic heterocycles. The van der Waals surface area contributed by atoms with E-state index in [2.05, 4.69) is 69.5 Å². The Kier molecular flexibility index (Phi) is 5.61. The van der Waals surface area contributed by atoms with E-state index in [0.717, 1.165) is 28.5 Å². The summed E-state index contributed by atoms with van der Waals surface area (Å²) in [5.74, 6) is 1.74. The Labute approximate surface area is 171 Å². The standard InChI is InChI=1S/C25H25N3O/c1-3-29-24-12-8-7-11-22(24)17-26-25-27-18-23(28(25)2)21-15-13-20(14-16-21)19-9-5-4-6-10-19/h4-16,18H,3,17H2,1-2H3,(H,26,27). The Balaban J connectivity index is 1.50. The normalized spacial score (nSPS) is 10.7. The lowest BCUT2D eigenvalue weighted by atomic mass is 10.0. The van der Waals surface area contributed by atoms with E-state index < -0.39 is 0 Å². The molecule has 0 aliphatic carbocycles. The molecule has 4 heteroatoms. The number of nitrogens with one attached hydrogen (secondary N) is 1. The van der Waals surface area contributed by atoms with E-state index in [1.807, 2.05) is 44.4 Å². The van der Waals surface area contributed by atoms with E-state index in [4.69, 9.17) is 4.74 Å². The van der Waals surface area contributed by atoms with Crippen LogP contribution >= 0.6 is 0 Å². The number of hydrogen-bond donors (Lipinski definition) is 1. The Bertz CT molecular complexity index is 1070. The zero-order valence-corrected chi connectivity index (χ0v) is 16.8. The monoisotopic (exact) mass is 383 g/mol. The molecule has 3 aromatic carbocycles. The van der Waals surface area contributed by atoms with Crippen molar-refractivity contribution >= 4 is 5.95 Å². The van der Waals surface area contributed by atoms with Gasteiger partial charge in [0.1, 0.15) is 5.75 Å². The van der Waals surface area contributed by atoms with Gasteiger partial charge >= 0.3 is 0 Å². The summed E-state index contributed by atoms with van der Waals surface area (Å²) in [5.41, 5.74) is 5.76. The molecule has 146 valence electrons. The third kappa shape index (κ3) is 4.16. The second-order valence-electron chi connectivity index (χ2n) is 6.86. The lowest BCUT2D eigenvalue weighted by molar-refractivity contribution is 0.337. The van der Waals surface area contributed by atoms with Crippen LogP contribution in [0.3, 0.4) is 0 Å². The van der Waals surface area contributed by atoms with Crippen LogP contribution in [0.2, 0.25) is 0 Å². The van der Waals surface area contributed by atoms with Gasteiger partial charge in [0.15, 0.2) is 0 Å². The highest BCUT2D eigenvalue weighted by molar-refractivity contribution is 5.69. The van der Waals surface area contributed by atoms with Crippen LogP contribution in [0.15, 0.2) is 85.1 Å². The van der Waals surface area contributed by atoms with Crippen molar-refractivity contribution in [3.05, 3.63) is 90.6 Å². The van der Waals surface area contributed by atoms with Crippen molar-refractivity contribution < 1.29 is 4.74 Å². The summed E-state index contributed by atoms with van der Waals surface area (Å²) in [5, 5.41) is 3.43. The predicted octanol–water partition coefficient (Wildman–Crippen LogP) is 5.76. The lowest BCUT2D eigenvalue weighted by Gasteiger charge is -2.12. The lowest BCUT2D eigenvalue weighted by Crippen LogP contribution is -2.07. The summed E-state index contributed by atoms with van der Waals surface area (Å²) in [6.45, 7) is 3.31. The van der Waals surface area contributed by atoms with Gasteiger partial charge in [-0.3, -0.25) is 0 Å².